The Kier molecular flexibility index (Phi) is 20.0. The number of ether oxygens (including phenoxy) is 7. The third-order valence-corrected chi connectivity index (χ3v) is 2.58. The van der Waals surface area contributed by atoms with Gasteiger partial charge in [0.25, 0.3) is 0 Å². The minimum absolute atomic E-state index is 0.0390. The molecule has 12 heteroatoms. The topological polar surface area (TPSA) is 150 Å². The van der Waals surface area contributed by atoms with E-state index in [0.29, 0.717) is 0 Å². The van der Waals surface area contributed by atoms with Crippen LogP contribution in [0.4, 0.5) is 0 Å². The first-order chi connectivity index (χ1) is 15.7. The fourth-order valence-corrected chi connectivity index (χ4v) is 1.20. The van der Waals surface area contributed by atoms with Crippen LogP contribution in [0, 0.1) is 0 Å². The first-order valence-corrected chi connectivity index (χ1v) is 8.97. The number of hydrogen-bond acceptors (Lipinski definition) is 12. The lowest BCUT2D eigenvalue weighted by molar-refractivity contribution is -0.250. The molecule has 0 saturated heterocycles. The van der Waals surface area contributed by atoms with Crippen LogP contribution in [0.15, 0.2) is 63.3 Å². The van der Waals surface area contributed by atoms with Crippen molar-refractivity contribution in [2.45, 2.75) is 6.48 Å². The standard InChI is InChI=1S/C11H16O6.C10H10O6/c1-3-10(12)16-7-5-14-9-15-6-8-17-11(13)4-2;1-4-7(11)14-10(15-8(12)5-2)16-9(13)6-3/h3-4H,1-2,5-9H2;4-6,10H,1-3H2. The summed E-state index contributed by atoms with van der Waals surface area (Å²) in [6, 6.07) is 0. The van der Waals surface area contributed by atoms with Gasteiger partial charge in [-0.15, -0.1) is 0 Å². The Hall–Kier alpha value is -4.03. The van der Waals surface area contributed by atoms with Gasteiger partial charge in [0.15, 0.2) is 0 Å². The predicted octanol–water partition coefficient (Wildman–Crippen LogP) is 0.893. The maximum atomic E-state index is 10.8. The molecule has 0 aliphatic heterocycles. The molecule has 0 spiro atoms. The molecule has 182 valence electrons. The minimum atomic E-state index is -1.79. The third kappa shape index (κ3) is 21.0. The summed E-state index contributed by atoms with van der Waals surface area (Å²) in [5.41, 5.74) is 0. The van der Waals surface area contributed by atoms with Gasteiger partial charge in [0, 0.05) is 30.4 Å². The van der Waals surface area contributed by atoms with Gasteiger partial charge in [0.1, 0.15) is 20.0 Å². The van der Waals surface area contributed by atoms with Gasteiger partial charge in [-0.2, -0.15) is 0 Å². The van der Waals surface area contributed by atoms with Crippen LogP contribution in [0.1, 0.15) is 0 Å². The highest BCUT2D eigenvalue weighted by Gasteiger charge is 2.20. The van der Waals surface area contributed by atoms with Gasteiger partial charge in [0.2, 0.25) is 0 Å². The van der Waals surface area contributed by atoms with Crippen molar-refractivity contribution in [2.24, 2.45) is 0 Å². The van der Waals surface area contributed by atoms with E-state index in [1.54, 1.807) is 0 Å². The average molecular weight is 470 g/mol. The van der Waals surface area contributed by atoms with Crippen molar-refractivity contribution >= 4 is 29.8 Å². The van der Waals surface area contributed by atoms with Crippen molar-refractivity contribution in [3.63, 3.8) is 0 Å². The Balaban J connectivity index is 0. The fourth-order valence-electron chi connectivity index (χ4n) is 1.20. The lowest BCUT2D eigenvalue weighted by Gasteiger charge is -2.15. The molecule has 0 rings (SSSR count). The van der Waals surface area contributed by atoms with Gasteiger partial charge < -0.3 is 33.2 Å². The van der Waals surface area contributed by atoms with E-state index in [9.17, 15) is 24.0 Å². The molecule has 0 aliphatic rings. The lowest BCUT2D eigenvalue weighted by Crippen LogP contribution is -2.28. The van der Waals surface area contributed by atoms with E-state index in [0.717, 1.165) is 30.4 Å². The molecule has 0 amide bonds. The number of carbonyl (C=O) groups is 5. The van der Waals surface area contributed by atoms with Gasteiger partial charge in [-0.1, -0.05) is 32.9 Å². The highest BCUT2D eigenvalue weighted by atomic mass is 16.9. The van der Waals surface area contributed by atoms with Crippen molar-refractivity contribution in [2.75, 3.05) is 33.2 Å². The minimum Gasteiger partial charge on any atom is -0.460 e. The Labute approximate surface area is 190 Å². The average Bonchev–Trinajstić information content (AvgIpc) is 2.82. The molecule has 0 N–H and O–H groups in total. The molecule has 0 radical (unpaired) electrons. The first-order valence-electron chi connectivity index (χ1n) is 8.97. The number of rotatable bonds is 16. The number of carbonyl (C=O) groups excluding carboxylic acids is 5. The Morgan fingerprint density at radius 3 is 1.09 bits per heavy atom. The molecule has 0 aliphatic carbocycles. The summed E-state index contributed by atoms with van der Waals surface area (Å²) in [6.07, 6.45) is 4.60. The molecular weight excluding hydrogens is 444 g/mol. The Morgan fingerprint density at radius 2 is 0.818 bits per heavy atom. The molecule has 0 fully saturated rings. The molecular formula is C21H26O12. The second kappa shape index (κ2) is 21.2. The highest BCUT2D eigenvalue weighted by molar-refractivity contribution is 5.84. The summed E-state index contributed by atoms with van der Waals surface area (Å²) >= 11 is 0. The Bertz CT molecular complexity index is 632. The zero-order valence-corrected chi connectivity index (χ0v) is 17.9. The van der Waals surface area contributed by atoms with Crippen LogP contribution >= 0.6 is 0 Å². The van der Waals surface area contributed by atoms with Gasteiger partial charge in [-0.25, -0.2) is 24.0 Å². The van der Waals surface area contributed by atoms with Gasteiger partial charge in [0.05, 0.1) is 13.2 Å². The molecule has 0 aromatic carbocycles. The predicted molar refractivity (Wildman–Crippen MR) is 112 cm³/mol. The molecule has 0 aromatic heterocycles. The fraction of sp³-hybridized carbons (Fsp3) is 0.286. The van der Waals surface area contributed by atoms with Crippen LogP contribution < -0.4 is 0 Å². The molecule has 0 aromatic rings. The number of esters is 5. The second-order valence-corrected chi connectivity index (χ2v) is 4.89. The molecule has 0 atom stereocenters. The van der Waals surface area contributed by atoms with Crippen molar-refractivity contribution in [3.05, 3.63) is 63.3 Å². The van der Waals surface area contributed by atoms with Crippen LogP contribution in [0.2, 0.25) is 0 Å². The smallest absolute Gasteiger partial charge is 0.413 e. The van der Waals surface area contributed by atoms with Gasteiger partial charge in [-0.3, -0.25) is 0 Å². The van der Waals surface area contributed by atoms with Crippen molar-refractivity contribution in [1.29, 1.82) is 0 Å². The molecule has 33 heavy (non-hydrogen) atoms. The molecule has 12 nitrogen and oxygen atoms in total. The van der Waals surface area contributed by atoms with Crippen molar-refractivity contribution in [1.82, 2.24) is 0 Å². The molecule has 0 heterocycles. The maximum Gasteiger partial charge on any atom is 0.413 e. The van der Waals surface area contributed by atoms with Crippen molar-refractivity contribution in [3.8, 4) is 0 Å². The third-order valence-electron chi connectivity index (χ3n) is 2.58. The van der Waals surface area contributed by atoms with Crippen molar-refractivity contribution < 1.29 is 57.1 Å². The first kappa shape index (κ1) is 31.2. The highest BCUT2D eigenvalue weighted by Crippen LogP contribution is 2.01. The van der Waals surface area contributed by atoms with Crippen LogP contribution in [0.5, 0.6) is 0 Å². The van der Waals surface area contributed by atoms with E-state index < -0.39 is 36.3 Å². The summed E-state index contributed by atoms with van der Waals surface area (Å²) in [6.45, 7) is 14.8. The largest absolute Gasteiger partial charge is 0.460 e. The van der Waals surface area contributed by atoms with E-state index in [2.05, 4.69) is 56.6 Å². The quantitative estimate of drug-likeness (QED) is 0.104. The van der Waals surface area contributed by atoms with E-state index in [4.69, 9.17) is 9.47 Å². The van der Waals surface area contributed by atoms with Crippen LogP contribution in [0.25, 0.3) is 0 Å². The van der Waals surface area contributed by atoms with E-state index >= 15 is 0 Å². The van der Waals surface area contributed by atoms with E-state index in [1.165, 1.54) is 0 Å². The van der Waals surface area contributed by atoms with Gasteiger partial charge >= 0.3 is 36.3 Å². The zero-order valence-electron chi connectivity index (χ0n) is 17.9. The molecule has 0 bridgehead atoms. The van der Waals surface area contributed by atoms with Crippen LogP contribution in [-0.2, 0) is 57.1 Å². The summed E-state index contributed by atoms with van der Waals surface area (Å²) in [5, 5.41) is 0. The van der Waals surface area contributed by atoms with Gasteiger partial charge in [-0.05, 0) is 0 Å². The summed E-state index contributed by atoms with van der Waals surface area (Å²) in [5.74, 6) is -3.74. The second-order valence-electron chi connectivity index (χ2n) is 4.89. The summed E-state index contributed by atoms with van der Waals surface area (Å²) in [4.78, 5) is 53.6. The van der Waals surface area contributed by atoms with Crippen LogP contribution in [-0.4, -0.2) is 69.5 Å². The van der Waals surface area contributed by atoms with E-state index in [1.807, 2.05) is 0 Å². The molecule has 0 unspecified atom stereocenters. The molecule has 0 saturated carbocycles. The number of hydrogen-bond donors (Lipinski definition) is 0. The zero-order chi connectivity index (χ0) is 25.5. The summed E-state index contributed by atoms with van der Waals surface area (Å²) in [7, 11) is 0. The van der Waals surface area contributed by atoms with E-state index in [-0.39, 0.29) is 33.2 Å². The summed E-state index contributed by atoms with van der Waals surface area (Å²) < 4.78 is 32.4. The normalized spacial score (nSPS) is 9.12. The van der Waals surface area contributed by atoms with Crippen LogP contribution in [0.3, 0.4) is 0 Å². The Morgan fingerprint density at radius 1 is 0.515 bits per heavy atom. The SMILES string of the molecule is C=CC(=O)OC(OC(=O)C=C)OC(=O)C=C.C=CC(=O)OCCOCOCCOC(=O)C=C. The monoisotopic (exact) mass is 470 g/mol. The maximum absolute atomic E-state index is 10.8. The lowest BCUT2D eigenvalue weighted by atomic mass is 10.6.